The number of benzene rings is 1. The minimum atomic E-state index is 0.0451. The van der Waals surface area contributed by atoms with Crippen LogP contribution in [0.25, 0.3) is 0 Å². The van der Waals surface area contributed by atoms with E-state index in [1.807, 2.05) is 35.2 Å². The van der Waals surface area contributed by atoms with Crippen LogP contribution in [0.4, 0.5) is 0 Å². The summed E-state index contributed by atoms with van der Waals surface area (Å²) in [5.41, 5.74) is 7.85. The van der Waals surface area contributed by atoms with Crippen LogP contribution in [0.15, 0.2) is 48.7 Å². The number of fused-ring (bicyclic) bond motifs is 1. The molecule has 0 spiro atoms. The normalized spacial score (nSPS) is 25.0. The first-order chi connectivity index (χ1) is 12.2. The smallest absolute Gasteiger partial charge is 0.255 e. The number of carbonyl (C=O) groups excluding carboxylic acids is 1. The maximum Gasteiger partial charge on any atom is 0.255 e. The van der Waals surface area contributed by atoms with E-state index in [1.54, 1.807) is 18.3 Å². The maximum absolute atomic E-state index is 12.7. The standard InChI is InChI=1S/C20H23N3O2/c21-18-8-6-16-11-23(12-17(16)18)20(24)15-7-9-19(22-10-15)25-13-14-4-2-1-3-5-14/h1-5,7,9-10,16-18H,6,8,11-13,21H2. The number of rotatable bonds is 4. The van der Waals surface area contributed by atoms with Crippen molar-refractivity contribution in [2.75, 3.05) is 13.1 Å². The Labute approximate surface area is 147 Å². The van der Waals surface area contributed by atoms with Gasteiger partial charge in [-0.2, -0.15) is 0 Å². The largest absolute Gasteiger partial charge is 0.473 e. The third kappa shape index (κ3) is 3.37. The van der Waals surface area contributed by atoms with Crippen molar-refractivity contribution in [1.29, 1.82) is 0 Å². The first kappa shape index (κ1) is 16.1. The predicted octanol–water partition coefficient (Wildman–Crippen LogP) is 2.47. The number of carbonyl (C=O) groups is 1. The van der Waals surface area contributed by atoms with Crippen LogP contribution in [0.1, 0.15) is 28.8 Å². The van der Waals surface area contributed by atoms with Crippen molar-refractivity contribution >= 4 is 5.91 Å². The van der Waals surface area contributed by atoms with Crippen LogP contribution in [0.5, 0.6) is 5.88 Å². The van der Waals surface area contributed by atoms with Crippen LogP contribution in [0.3, 0.4) is 0 Å². The van der Waals surface area contributed by atoms with Crippen molar-refractivity contribution in [3.05, 3.63) is 59.8 Å². The molecule has 1 amide bonds. The summed E-state index contributed by atoms with van der Waals surface area (Å²) in [6, 6.07) is 13.7. The number of pyridine rings is 1. The molecule has 1 saturated carbocycles. The fraction of sp³-hybridized carbons (Fsp3) is 0.400. The fourth-order valence-corrected chi connectivity index (χ4v) is 3.98. The molecule has 4 rings (SSSR count). The van der Waals surface area contributed by atoms with Crippen LogP contribution < -0.4 is 10.5 Å². The zero-order valence-electron chi connectivity index (χ0n) is 14.2. The van der Waals surface area contributed by atoms with Crippen LogP contribution >= 0.6 is 0 Å². The summed E-state index contributed by atoms with van der Waals surface area (Å²) in [6.07, 6.45) is 3.84. The van der Waals surface area contributed by atoms with Crippen LogP contribution in [-0.4, -0.2) is 34.9 Å². The van der Waals surface area contributed by atoms with Gasteiger partial charge in [0.05, 0.1) is 5.56 Å². The molecule has 3 atom stereocenters. The van der Waals surface area contributed by atoms with E-state index in [0.29, 0.717) is 29.9 Å². The average molecular weight is 337 g/mol. The van der Waals surface area contributed by atoms with Gasteiger partial charge in [0.1, 0.15) is 6.61 Å². The van der Waals surface area contributed by atoms with Crippen molar-refractivity contribution in [2.24, 2.45) is 17.6 Å². The van der Waals surface area contributed by atoms with Crippen LogP contribution in [0, 0.1) is 11.8 Å². The lowest BCUT2D eigenvalue weighted by Gasteiger charge is -2.18. The van der Waals surface area contributed by atoms with Gasteiger partial charge >= 0.3 is 0 Å². The lowest BCUT2D eigenvalue weighted by atomic mass is 9.98. The van der Waals surface area contributed by atoms with Gasteiger partial charge in [0.25, 0.3) is 5.91 Å². The molecule has 2 aliphatic rings. The number of amides is 1. The fourth-order valence-electron chi connectivity index (χ4n) is 3.98. The van der Waals surface area contributed by atoms with Crippen LogP contribution in [-0.2, 0) is 6.61 Å². The molecule has 2 heterocycles. The van der Waals surface area contributed by atoms with Crippen molar-refractivity contribution in [3.63, 3.8) is 0 Å². The number of ether oxygens (including phenoxy) is 1. The molecule has 1 aliphatic carbocycles. The molecule has 2 aromatic rings. The molecule has 130 valence electrons. The Bertz CT molecular complexity index is 732. The van der Waals surface area contributed by atoms with Crippen molar-refractivity contribution < 1.29 is 9.53 Å². The third-order valence-corrected chi connectivity index (χ3v) is 5.41. The van der Waals surface area contributed by atoms with Gasteiger partial charge in [-0.3, -0.25) is 4.79 Å². The van der Waals surface area contributed by atoms with E-state index < -0.39 is 0 Å². The second-order valence-corrected chi connectivity index (χ2v) is 7.03. The molecule has 25 heavy (non-hydrogen) atoms. The molecule has 5 heteroatoms. The quantitative estimate of drug-likeness (QED) is 0.930. The SMILES string of the molecule is NC1CCC2CN(C(=O)c3ccc(OCc4ccccc4)nc3)CC12. The Balaban J connectivity index is 1.36. The third-order valence-electron chi connectivity index (χ3n) is 5.41. The van der Waals surface area contributed by atoms with E-state index in [2.05, 4.69) is 4.98 Å². The summed E-state index contributed by atoms with van der Waals surface area (Å²) in [4.78, 5) is 18.9. The summed E-state index contributed by atoms with van der Waals surface area (Å²) in [5.74, 6) is 1.61. The van der Waals surface area contributed by atoms with Gasteiger partial charge in [-0.1, -0.05) is 30.3 Å². The molecule has 1 aromatic heterocycles. The predicted molar refractivity (Wildman–Crippen MR) is 95.1 cm³/mol. The number of hydrogen-bond acceptors (Lipinski definition) is 4. The summed E-state index contributed by atoms with van der Waals surface area (Å²) in [7, 11) is 0. The first-order valence-corrected chi connectivity index (χ1v) is 8.88. The van der Waals surface area contributed by atoms with Crippen LogP contribution in [0.2, 0.25) is 0 Å². The summed E-state index contributed by atoms with van der Waals surface area (Å²) in [6.45, 7) is 2.06. The lowest BCUT2D eigenvalue weighted by molar-refractivity contribution is 0.0779. The molecule has 3 unspecified atom stereocenters. The second-order valence-electron chi connectivity index (χ2n) is 7.03. The van der Waals surface area contributed by atoms with E-state index >= 15 is 0 Å². The Hall–Kier alpha value is -2.40. The Morgan fingerprint density at radius 3 is 2.72 bits per heavy atom. The highest BCUT2D eigenvalue weighted by Crippen LogP contribution is 2.37. The molecule has 2 fully saturated rings. The molecular formula is C20H23N3O2. The first-order valence-electron chi connectivity index (χ1n) is 8.88. The number of hydrogen-bond donors (Lipinski definition) is 1. The molecule has 0 bridgehead atoms. The average Bonchev–Trinajstić information content (AvgIpc) is 3.23. The Kier molecular flexibility index (Phi) is 4.40. The lowest BCUT2D eigenvalue weighted by Crippen LogP contribution is -2.33. The number of nitrogens with zero attached hydrogens (tertiary/aromatic N) is 2. The minimum absolute atomic E-state index is 0.0451. The van der Waals surface area contributed by atoms with E-state index in [9.17, 15) is 4.79 Å². The van der Waals surface area contributed by atoms with Gasteiger partial charge < -0.3 is 15.4 Å². The van der Waals surface area contributed by atoms with Crippen molar-refractivity contribution in [2.45, 2.75) is 25.5 Å². The van der Waals surface area contributed by atoms with E-state index in [1.165, 1.54) is 0 Å². The summed E-state index contributed by atoms with van der Waals surface area (Å²) < 4.78 is 5.67. The van der Waals surface area contributed by atoms with E-state index in [-0.39, 0.29) is 11.9 Å². The van der Waals surface area contributed by atoms with Gasteiger partial charge in [0.15, 0.2) is 0 Å². The van der Waals surface area contributed by atoms with Crippen molar-refractivity contribution in [1.82, 2.24) is 9.88 Å². The molecule has 5 nitrogen and oxygen atoms in total. The zero-order chi connectivity index (χ0) is 17.2. The van der Waals surface area contributed by atoms with Gasteiger partial charge in [-0.25, -0.2) is 4.98 Å². The second kappa shape index (κ2) is 6.84. The van der Waals surface area contributed by atoms with Gasteiger partial charge in [0, 0.05) is 31.4 Å². The highest BCUT2D eigenvalue weighted by molar-refractivity contribution is 5.94. The number of likely N-dealkylation sites (tertiary alicyclic amines) is 1. The highest BCUT2D eigenvalue weighted by atomic mass is 16.5. The molecular weight excluding hydrogens is 314 g/mol. The van der Waals surface area contributed by atoms with Gasteiger partial charge in [0.2, 0.25) is 5.88 Å². The Morgan fingerprint density at radius 1 is 1.16 bits per heavy atom. The van der Waals surface area contributed by atoms with Gasteiger partial charge in [-0.15, -0.1) is 0 Å². The molecule has 1 aliphatic heterocycles. The molecule has 0 radical (unpaired) electrons. The maximum atomic E-state index is 12.7. The number of nitrogens with two attached hydrogens (primary N) is 1. The van der Waals surface area contributed by atoms with E-state index in [0.717, 1.165) is 31.5 Å². The minimum Gasteiger partial charge on any atom is -0.473 e. The molecule has 1 aromatic carbocycles. The highest BCUT2D eigenvalue weighted by Gasteiger charge is 2.42. The summed E-state index contributed by atoms with van der Waals surface area (Å²) in [5, 5.41) is 0. The topological polar surface area (TPSA) is 68.5 Å². The monoisotopic (exact) mass is 337 g/mol. The van der Waals surface area contributed by atoms with E-state index in [4.69, 9.17) is 10.5 Å². The summed E-state index contributed by atoms with van der Waals surface area (Å²) >= 11 is 0. The van der Waals surface area contributed by atoms with Gasteiger partial charge in [-0.05, 0) is 36.3 Å². The Morgan fingerprint density at radius 2 is 2.00 bits per heavy atom. The van der Waals surface area contributed by atoms with Crippen molar-refractivity contribution in [3.8, 4) is 5.88 Å². The molecule has 2 N–H and O–H groups in total. The number of aromatic nitrogens is 1. The zero-order valence-corrected chi connectivity index (χ0v) is 14.2. The molecule has 1 saturated heterocycles.